The average molecular weight is 1070 g/mol. The van der Waals surface area contributed by atoms with E-state index in [4.69, 9.17) is 42.8 Å². The lowest BCUT2D eigenvalue weighted by Crippen LogP contribution is -2.57. The van der Waals surface area contributed by atoms with Gasteiger partial charge in [-0.15, -0.1) is 22.7 Å². The molecule has 2 fully saturated rings. The molecule has 0 bridgehead atoms. The lowest BCUT2D eigenvalue weighted by molar-refractivity contribution is -0.142. The van der Waals surface area contributed by atoms with Crippen LogP contribution in [0.5, 0.6) is 0 Å². The number of Topliss-reactive ketones (excluding diaryl/α,β-unsaturated/α-hetero) is 1. The molecular formula is C49H48Cl2F6N10O3S2. The predicted molar refractivity (Wildman–Crippen MR) is 261 cm³/mol. The fourth-order valence-corrected chi connectivity index (χ4v) is 12.5. The number of ketones is 1. The van der Waals surface area contributed by atoms with E-state index in [9.17, 15) is 26.3 Å². The van der Waals surface area contributed by atoms with Gasteiger partial charge in [0.1, 0.15) is 11.4 Å². The smallest absolute Gasteiger partial charge is 0.387 e. The number of nitrogens with zero attached hydrogens (tertiary/aromatic N) is 10. The van der Waals surface area contributed by atoms with Gasteiger partial charge in [-0.25, -0.2) is 9.97 Å². The van der Waals surface area contributed by atoms with Crippen LogP contribution in [0.25, 0.3) is 0 Å². The van der Waals surface area contributed by atoms with E-state index in [1.54, 1.807) is 12.1 Å². The van der Waals surface area contributed by atoms with Crippen molar-refractivity contribution < 1.29 is 40.8 Å². The molecule has 4 aromatic heterocycles. The topological polar surface area (TPSA) is 128 Å². The van der Waals surface area contributed by atoms with Gasteiger partial charge in [-0.2, -0.15) is 36.5 Å². The van der Waals surface area contributed by atoms with Crippen LogP contribution in [-0.4, -0.2) is 94.8 Å². The number of halogens is 8. The van der Waals surface area contributed by atoms with Crippen LogP contribution < -0.4 is 0 Å². The number of thiazole rings is 2. The zero-order chi connectivity index (χ0) is 50.5. The van der Waals surface area contributed by atoms with Gasteiger partial charge < -0.3 is 9.68 Å². The Hall–Kier alpha value is -5.19. The van der Waals surface area contributed by atoms with E-state index >= 15 is 4.79 Å². The summed E-state index contributed by atoms with van der Waals surface area (Å²) in [7, 11) is 0. The highest BCUT2D eigenvalue weighted by atomic mass is 35.5. The molecule has 4 aliphatic rings. The minimum atomic E-state index is -4.72. The normalized spacial score (nSPS) is 20.6. The number of aromatic nitrogens is 6. The van der Waals surface area contributed by atoms with Gasteiger partial charge in [-0.3, -0.25) is 24.0 Å². The molecule has 0 aliphatic carbocycles. The summed E-state index contributed by atoms with van der Waals surface area (Å²) in [5.74, 6) is -0.300. The van der Waals surface area contributed by atoms with Crippen molar-refractivity contribution in [2.45, 2.75) is 114 Å². The molecule has 8 heterocycles. The van der Waals surface area contributed by atoms with Gasteiger partial charge in [0.25, 0.3) is 0 Å². The second kappa shape index (κ2) is 20.6. The minimum Gasteiger partial charge on any atom is -0.387 e. The molecule has 4 unspecified atom stereocenters. The van der Waals surface area contributed by atoms with Gasteiger partial charge in [0.2, 0.25) is 0 Å². The van der Waals surface area contributed by atoms with Gasteiger partial charge in [0.15, 0.2) is 29.4 Å². The van der Waals surface area contributed by atoms with Gasteiger partial charge in [-0.1, -0.05) is 69.9 Å². The van der Waals surface area contributed by atoms with Crippen molar-refractivity contribution in [1.82, 2.24) is 39.3 Å². The Balaban J connectivity index is 0.875. The monoisotopic (exact) mass is 1070 g/mol. The summed E-state index contributed by atoms with van der Waals surface area (Å²) in [4.78, 5) is 40.9. The summed E-state index contributed by atoms with van der Waals surface area (Å²) >= 11 is 15.9. The first-order chi connectivity index (χ1) is 34.5. The molecule has 4 aliphatic heterocycles. The van der Waals surface area contributed by atoms with Crippen LogP contribution in [0.2, 0.25) is 10.0 Å². The maximum absolute atomic E-state index is 15.5. The molecule has 0 radical (unpaired) electrons. The summed E-state index contributed by atoms with van der Waals surface area (Å²) in [6.45, 7) is 4.21. The number of piperidine rings is 2. The maximum atomic E-state index is 15.5. The molecule has 380 valence electrons. The van der Waals surface area contributed by atoms with Crippen LogP contribution in [0.1, 0.15) is 118 Å². The Morgan fingerprint density at radius 2 is 1.04 bits per heavy atom. The second-order valence-corrected chi connectivity index (χ2v) is 21.2. The SMILES string of the molecule is Cc1cc(C(F)(F)F)nn1CC(C(=O)C(Cn1nc(C(F)(F)F)cc1C)N1CCC(c2nc(C3=NOC(c4ccccc4Cl)C3)cs2)CC1)N1CCC(c2nc(C3=NOC(c4ccccc4Cl)C3)cs2)CC1. The number of aryl methyl sites for hydroxylation is 2. The first-order valence-corrected chi connectivity index (χ1v) is 26.1. The third-order valence-corrected chi connectivity index (χ3v) is 16.7. The Labute approximate surface area is 428 Å². The fraction of sp³-hybridized carbons (Fsp3) is 0.449. The highest BCUT2D eigenvalue weighted by molar-refractivity contribution is 7.10. The van der Waals surface area contributed by atoms with Gasteiger partial charge >= 0.3 is 12.4 Å². The summed E-state index contributed by atoms with van der Waals surface area (Å²) in [5, 5.41) is 23.4. The number of hydrogen-bond acceptors (Lipinski definition) is 13. The number of oxime groups is 2. The van der Waals surface area contributed by atoms with Gasteiger partial charge in [-0.05, 0) is 90.0 Å². The zero-order valence-corrected chi connectivity index (χ0v) is 42.1. The summed E-state index contributed by atoms with van der Waals surface area (Å²) in [6.07, 6.45) is -6.76. The quantitative estimate of drug-likeness (QED) is 0.0979. The highest BCUT2D eigenvalue weighted by Gasteiger charge is 2.42. The van der Waals surface area contributed by atoms with Crippen molar-refractivity contribution >= 4 is 63.1 Å². The van der Waals surface area contributed by atoms with E-state index in [0.29, 0.717) is 97.6 Å². The summed E-state index contributed by atoms with van der Waals surface area (Å²) in [5.41, 5.74) is 2.77. The molecule has 10 rings (SSSR count). The Bertz CT molecular complexity index is 2790. The standard InChI is InChI=1S/C49H48Cl2F6N10O3S2/c1-27-19-43(48(52,53)54)60-66(27)23-39(64-15-11-29(12-16-64)46-58-37(25-71-46)35-21-41(69-62-35)31-7-3-5-9-33(31)50)45(68)40(24-67-28(2)20-44(61-67)49(55,56)57)65-17-13-30(14-18-65)47-59-38(26-72-47)36-22-42(70-63-36)32-8-4-6-10-34(32)51/h3-10,19-20,25-26,29-30,39-42H,11-18,21-24H2,1-2H3. The summed E-state index contributed by atoms with van der Waals surface area (Å²) in [6, 6.07) is 14.8. The summed E-state index contributed by atoms with van der Waals surface area (Å²) < 4.78 is 86.5. The zero-order valence-electron chi connectivity index (χ0n) is 38.9. The first-order valence-electron chi connectivity index (χ1n) is 23.6. The Morgan fingerprint density at radius 3 is 1.40 bits per heavy atom. The van der Waals surface area contributed by atoms with Crippen molar-refractivity contribution in [1.29, 1.82) is 0 Å². The van der Waals surface area contributed by atoms with E-state index < -0.39 is 35.8 Å². The molecule has 0 spiro atoms. The molecule has 2 aromatic carbocycles. The van der Waals surface area contributed by atoms with E-state index in [1.165, 1.54) is 45.9 Å². The molecule has 13 nitrogen and oxygen atoms in total. The third-order valence-electron chi connectivity index (χ3n) is 14.0. The van der Waals surface area contributed by atoms with Crippen LogP contribution >= 0.6 is 45.9 Å². The van der Waals surface area contributed by atoms with Gasteiger partial charge in [0.05, 0.1) is 46.6 Å². The third kappa shape index (κ3) is 10.7. The van der Waals surface area contributed by atoms with E-state index in [2.05, 4.69) is 20.5 Å². The van der Waals surface area contributed by atoms with Crippen LogP contribution in [0.4, 0.5) is 26.3 Å². The van der Waals surface area contributed by atoms with Crippen LogP contribution in [0, 0.1) is 13.8 Å². The van der Waals surface area contributed by atoms with E-state index in [1.807, 2.05) is 57.0 Å². The van der Waals surface area contributed by atoms with Crippen molar-refractivity contribution in [3.63, 3.8) is 0 Å². The minimum absolute atomic E-state index is 0.0204. The number of carbonyl (C=O) groups excluding carboxylic acids is 1. The number of likely N-dealkylation sites (tertiary alicyclic amines) is 2. The number of carbonyl (C=O) groups is 1. The molecule has 6 aromatic rings. The van der Waals surface area contributed by atoms with Crippen LogP contribution in [0.3, 0.4) is 0 Å². The lowest BCUT2D eigenvalue weighted by atomic mass is 9.91. The van der Waals surface area contributed by atoms with Crippen molar-refractivity contribution in [3.8, 4) is 0 Å². The average Bonchev–Trinajstić information content (AvgIpc) is 4.23. The van der Waals surface area contributed by atoms with Crippen LogP contribution in [0.15, 0.2) is 81.7 Å². The van der Waals surface area contributed by atoms with Gasteiger partial charge in [0, 0.05) is 68.0 Å². The number of alkyl halides is 6. The Kier molecular flexibility index (Phi) is 14.4. The van der Waals surface area contributed by atoms with Crippen molar-refractivity contribution in [2.24, 2.45) is 10.3 Å². The molecule has 0 amide bonds. The molecular weight excluding hydrogens is 1030 g/mol. The molecule has 72 heavy (non-hydrogen) atoms. The Morgan fingerprint density at radius 1 is 0.653 bits per heavy atom. The molecule has 0 N–H and O–H groups in total. The van der Waals surface area contributed by atoms with Crippen molar-refractivity contribution in [3.05, 3.63) is 137 Å². The fourth-order valence-electron chi connectivity index (χ4n) is 9.98. The van der Waals surface area contributed by atoms with E-state index in [-0.39, 0.29) is 54.3 Å². The molecule has 23 heteroatoms. The predicted octanol–water partition coefficient (Wildman–Crippen LogP) is 11.5. The van der Waals surface area contributed by atoms with Crippen LogP contribution in [-0.2, 0) is 39.9 Å². The van der Waals surface area contributed by atoms with Crippen molar-refractivity contribution in [2.75, 3.05) is 26.2 Å². The first kappa shape index (κ1) is 50.3. The van der Waals surface area contributed by atoms with E-state index in [0.717, 1.165) is 33.3 Å². The number of benzene rings is 2. The second-order valence-electron chi connectivity index (χ2n) is 18.6. The largest absolute Gasteiger partial charge is 0.435 e. The maximum Gasteiger partial charge on any atom is 0.435 e. The molecule has 0 saturated carbocycles. The number of hydrogen-bond donors (Lipinski definition) is 0. The molecule has 4 atom stereocenters. The molecule has 2 saturated heterocycles. The highest BCUT2D eigenvalue weighted by Crippen LogP contribution is 2.39. The lowest BCUT2D eigenvalue weighted by Gasteiger charge is -2.41. The number of rotatable bonds is 14.